The first-order chi connectivity index (χ1) is 13.0. The van der Waals surface area contributed by atoms with Gasteiger partial charge in [-0.1, -0.05) is 0 Å². The molecule has 0 unspecified atom stereocenters. The Hall–Kier alpha value is -2.96. The van der Waals surface area contributed by atoms with Crippen LogP contribution in [0.25, 0.3) is 11.0 Å². The zero-order valence-corrected chi connectivity index (χ0v) is 15.5. The molecule has 1 fully saturated rings. The molecule has 1 aromatic carbocycles. The summed E-state index contributed by atoms with van der Waals surface area (Å²) in [5, 5.41) is 9.79. The van der Waals surface area contributed by atoms with Gasteiger partial charge in [-0.3, -0.25) is 0 Å². The molecule has 2 aromatic heterocycles. The van der Waals surface area contributed by atoms with E-state index >= 15 is 0 Å². The van der Waals surface area contributed by atoms with Crippen molar-refractivity contribution in [3.8, 4) is 6.07 Å². The Labute approximate surface area is 157 Å². The number of sulfonamides is 1. The normalized spacial score (nSPS) is 17.9. The van der Waals surface area contributed by atoms with Gasteiger partial charge in [-0.05, 0) is 36.8 Å². The predicted molar refractivity (Wildman–Crippen MR) is 101 cm³/mol. The van der Waals surface area contributed by atoms with Crippen LogP contribution in [0, 0.1) is 11.3 Å². The summed E-state index contributed by atoms with van der Waals surface area (Å²) in [7, 11) is -1.66. The summed E-state index contributed by atoms with van der Waals surface area (Å²) in [5.41, 5.74) is 1.19. The third-order valence-electron chi connectivity index (χ3n) is 4.96. The van der Waals surface area contributed by atoms with Crippen molar-refractivity contribution in [2.24, 2.45) is 0 Å². The lowest BCUT2D eigenvalue weighted by Crippen LogP contribution is -2.37. The molecular weight excluding hydrogens is 364 g/mol. The molecule has 3 heterocycles. The minimum absolute atomic E-state index is 0.0196. The Morgan fingerprint density at radius 3 is 2.78 bits per heavy atom. The number of aromatic nitrogens is 3. The summed E-state index contributed by atoms with van der Waals surface area (Å²) in [6.07, 6.45) is 4.03. The molecule has 4 rings (SSSR count). The van der Waals surface area contributed by atoms with Gasteiger partial charge in [0.2, 0.25) is 10.0 Å². The average Bonchev–Trinajstić information content (AvgIpc) is 3.37. The van der Waals surface area contributed by atoms with Gasteiger partial charge in [0.1, 0.15) is 17.8 Å². The summed E-state index contributed by atoms with van der Waals surface area (Å²) in [6, 6.07) is 9.95. The third kappa shape index (κ3) is 3.03. The number of hydrogen-bond donors (Lipinski definition) is 1. The first kappa shape index (κ1) is 17.5. The zero-order valence-electron chi connectivity index (χ0n) is 14.7. The molecule has 0 amide bonds. The molecule has 9 heteroatoms. The van der Waals surface area contributed by atoms with Crippen LogP contribution >= 0.6 is 0 Å². The van der Waals surface area contributed by atoms with Crippen LogP contribution in [-0.2, 0) is 10.0 Å². The molecule has 138 valence electrons. The van der Waals surface area contributed by atoms with Gasteiger partial charge in [0.05, 0.1) is 21.9 Å². The van der Waals surface area contributed by atoms with Crippen LogP contribution < -0.4 is 4.90 Å². The largest absolute Gasteiger partial charge is 0.355 e. The quantitative estimate of drug-likeness (QED) is 0.737. The van der Waals surface area contributed by atoms with Crippen LogP contribution in [-0.4, -0.2) is 53.9 Å². The Morgan fingerprint density at radius 1 is 1.26 bits per heavy atom. The van der Waals surface area contributed by atoms with Crippen LogP contribution in [0.15, 0.2) is 47.8 Å². The number of H-pyrrole nitrogens is 1. The lowest BCUT2D eigenvalue weighted by atomic mass is 10.2. The highest BCUT2D eigenvalue weighted by molar-refractivity contribution is 7.89. The monoisotopic (exact) mass is 382 g/mol. The smallest absolute Gasteiger partial charge is 0.243 e. The van der Waals surface area contributed by atoms with Gasteiger partial charge < -0.3 is 9.88 Å². The Kier molecular flexibility index (Phi) is 4.30. The lowest BCUT2D eigenvalue weighted by Gasteiger charge is -2.26. The van der Waals surface area contributed by atoms with Crippen LogP contribution in [0.4, 0.5) is 5.82 Å². The average molecular weight is 382 g/mol. The first-order valence-corrected chi connectivity index (χ1v) is 9.96. The van der Waals surface area contributed by atoms with E-state index in [1.165, 1.54) is 34.9 Å². The molecule has 8 nitrogen and oxygen atoms in total. The second kappa shape index (κ2) is 6.64. The van der Waals surface area contributed by atoms with E-state index < -0.39 is 10.0 Å². The summed E-state index contributed by atoms with van der Waals surface area (Å²) in [6.45, 7) is 0.827. The van der Waals surface area contributed by atoms with Crippen molar-refractivity contribution in [2.45, 2.75) is 17.4 Å². The molecule has 0 aliphatic carbocycles. The van der Waals surface area contributed by atoms with E-state index in [-0.39, 0.29) is 10.9 Å². The van der Waals surface area contributed by atoms with E-state index in [1.54, 1.807) is 0 Å². The standard InChI is InChI=1S/C18H18N6O2S/c1-23(18-16-6-8-20-17(16)21-12-22-18)14-7-9-24(11-14)27(25,26)15-4-2-13(10-19)3-5-15/h2-6,8,12,14H,7,9,11H2,1H3,(H,20,21,22)/t14-/m1/s1. The number of aromatic amines is 1. The van der Waals surface area contributed by atoms with Gasteiger partial charge in [0.25, 0.3) is 0 Å². The van der Waals surface area contributed by atoms with Crippen molar-refractivity contribution in [1.82, 2.24) is 19.3 Å². The summed E-state index contributed by atoms with van der Waals surface area (Å²) >= 11 is 0. The Bertz CT molecular complexity index is 1120. The lowest BCUT2D eigenvalue weighted by molar-refractivity contribution is 0.470. The highest BCUT2D eigenvalue weighted by Crippen LogP contribution is 2.28. The SMILES string of the molecule is CN(c1ncnc2[nH]ccc12)[C@@H]1CCN(S(=O)(=O)c2ccc(C#N)cc2)C1. The molecule has 27 heavy (non-hydrogen) atoms. The van der Waals surface area contributed by atoms with Crippen molar-refractivity contribution in [1.29, 1.82) is 5.26 Å². The van der Waals surface area contributed by atoms with Gasteiger partial charge in [-0.2, -0.15) is 9.57 Å². The third-order valence-corrected chi connectivity index (χ3v) is 6.84. The fourth-order valence-electron chi connectivity index (χ4n) is 3.41. The number of benzene rings is 1. The Balaban J connectivity index is 1.55. The highest BCUT2D eigenvalue weighted by Gasteiger charge is 2.35. The van der Waals surface area contributed by atoms with E-state index in [4.69, 9.17) is 5.26 Å². The molecule has 0 bridgehead atoms. The molecule has 3 aromatic rings. The summed E-state index contributed by atoms with van der Waals surface area (Å²) in [4.78, 5) is 13.9. The first-order valence-electron chi connectivity index (χ1n) is 8.52. The van der Waals surface area contributed by atoms with Crippen molar-refractivity contribution in [3.05, 3.63) is 48.4 Å². The summed E-state index contributed by atoms with van der Waals surface area (Å²) < 4.78 is 27.3. The molecule has 0 saturated carbocycles. The number of anilines is 1. The maximum absolute atomic E-state index is 12.9. The Morgan fingerprint density at radius 2 is 2.04 bits per heavy atom. The second-order valence-corrected chi connectivity index (χ2v) is 8.43. The van der Waals surface area contributed by atoms with E-state index in [1.807, 2.05) is 30.3 Å². The molecule has 1 aliphatic heterocycles. The number of nitriles is 1. The molecule has 0 radical (unpaired) electrons. The molecule has 1 N–H and O–H groups in total. The minimum atomic E-state index is -3.59. The maximum atomic E-state index is 12.9. The zero-order chi connectivity index (χ0) is 19.0. The van der Waals surface area contributed by atoms with E-state index in [9.17, 15) is 8.42 Å². The number of likely N-dealkylation sites (N-methyl/N-ethyl adjacent to an activating group) is 1. The van der Waals surface area contributed by atoms with E-state index in [0.717, 1.165) is 16.9 Å². The van der Waals surface area contributed by atoms with Crippen molar-refractivity contribution in [3.63, 3.8) is 0 Å². The molecule has 0 spiro atoms. The highest BCUT2D eigenvalue weighted by atomic mass is 32.2. The topological polar surface area (TPSA) is 106 Å². The molecular formula is C18H18N6O2S. The van der Waals surface area contributed by atoms with Crippen molar-refractivity contribution >= 4 is 26.9 Å². The number of nitrogens with one attached hydrogen (secondary N) is 1. The number of nitrogens with zero attached hydrogens (tertiary/aromatic N) is 5. The predicted octanol–water partition coefficient (Wildman–Crippen LogP) is 1.73. The number of fused-ring (bicyclic) bond motifs is 1. The van der Waals surface area contributed by atoms with Gasteiger partial charge >= 0.3 is 0 Å². The fourth-order valence-corrected chi connectivity index (χ4v) is 4.90. The van der Waals surface area contributed by atoms with Crippen LogP contribution in [0.1, 0.15) is 12.0 Å². The maximum Gasteiger partial charge on any atom is 0.243 e. The van der Waals surface area contributed by atoms with E-state index in [2.05, 4.69) is 15.0 Å². The molecule has 1 saturated heterocycles. The van der Waals surface area contributed by atoms with Crippen molar-refractivity contribution < 1.29 is 8.42 Å². The molecule has 1 aliphatic rings. The van der Waals surface area contributed by atoms with E-state index in [0.29, 0.717) is 25.1 Å². The number of rotatable bonds is 4. The van der Waals surface area contributed by atoms with Gasteiger partial charge in [-0.15, -0.1) is 0 Å². The second-order valence-electron chi connectivity index (χ2n) is 6.49. The molecule has 1 atom stereocenters. The van der Waals surface area contributed by atoms with Crippen LogP contribution in [0.2, 0.25) is 0 Å². The number of hydrogen-bond acceptors (Lipinski definition) is 6. The van der Waals surface area contributed by atoms with Gasteiger partial charge in [-0.25, -0.2) is 18.4 Å². The van der Waals surface area contributed by atoms with Gasteiger partial charge in [0, 0.05) is 32.4 Å². The van der Waals surface area contributed by atoms with Gasteiger partial charge in [0.15, 0.2) is 0 Å². The van der Waals surface area contributed by atoms with Crippen LogP contribution in [0.5, 0.6) is 0 Å². The summed E-state index contributed by atoms with van der Waals surface area (Å²) in [5.74, 6) is 0.781. The fraction of sp³-hybridized carbons (Fsp3) is 0.278. The minimum Gasteiger partial charge on any atom is -0.355 e. The van der Waals surface area contributed by atoms with Crippen LogP contribution in [0.3, 0.4) is 0 Å². The van der Waals surface area contributed by atoms with Crippen molar-refractivity contribution in [2.75, 3.05) is 25.0 Å².